The minimum atomic E-state index is -1.36. The van der Waals surface area contributed by atoms with E-state index in [1.165, 1.54) is 6.92 Å². The van der Waals surface area contributed by atoms with Gasteiger partial charge >= 0.3 is 0 Å². The summed E-state index contributed by atoms with van der Waals surface area (Å²) in [5.41, 5.74) is -2.33. The first kappa shape index (κ1) is 18.3. The van der Waals surface area contributed by atoms with E-state index < -0.39 is 23.2 Å². The molecule has 0 aromatic rings. The number of hydrogen-bond donors (Lipinski definition) is 3. The van der Waals surface area contributed by atoms with Crippen molar-refractivity contribution >= 4 is 11.6 Å². The largest absolute Gasteiger partial charge is 0.389 e. The maximum Gasteiger partial charge on any atom is 0.165 e. The van der Waals surface area contributed by atoms with Gasteiger partial charge in [-0.25, -0.2) is 0 Å². The molecule has 0 radical (unpaired) electrons. The Bertz CT molecular complexity index is 686. The molecule has 4 aliphatic rings. The zero-order chi connectivity index (χ0) is 19.1. The highest BCUT2D eigenvalue weighted by Gasteiger charge is 2.68. The first-order valence-corrected chi connectivity index (χ1v) is 9.89. The molecule has 3 fully saturated rings. The molecule has 0 aromatic heterocycles. The summed E-state index contributed by atoms with van der Waals surface area (Å²) in [6.45, 7) is 5.50. The molecule has 9 atom stereocenters. The van der Waals surface area contributed by atoms with Crippen LogP contribution in [-0.4, -0.2) is 44.7 Å². The lowest BCUT2D eigenvalue weighted by Gasteiger charge is -2.60. The zero-order valence-corrected chi connectivity index (χ0v) is 15.8. The molecule has 0 heterocycles. The van der Waals surface area contributed by atoms with E-state index in [0.717, 1.165) is 6.42 Å². The Hall–Kier alpha value is -1.04. The molecular formula is C21H30O5. The number of carbonyl (C=O) groups excluding carboxylic acids is 2. The number of carbonyl (C=O) groups is 2. The lowest BCUT2D eigenvalue weighted by molar-refractivity contribution is -0.183. The van der Waals surface area contributed by atoms with Crippen molar-refractivity contribution in [1.29, 1.82) is 0 Å². The third-order valence-electron chi connectivity index (χ3n) is 8.77. The van der Waals surface area contributed by atoms with Gasteiger partial charge in [-0.3, -0.25) is 9.59 Å². The maximum absolute atomic E-state index is 13.0. The van der Waals surface area contributed by atoms with Gasteiger partial charge in [0.15, 0.2) is 11.6 Å². The summed E-state index contributed by atoms with van der Waals surface area (Å²) >= 11 is 0. The molecule has 4 aliphatic carbocycles. The standard InChI is InChI=1S/C21H30O5/c1-11(22)21(26)9-6-14-16-13(5-8-20(14,21)3)19(2)7-4-12(23)10-15(19)17(24)18(16)25/h4,7,12-16,18,23,25-26H,5-6,8-10H2,1-3H3/t12-,13+,14+,15?,16-,18+,19-,20+,21+/m1/s1. The van der Waals surface area contributed by atoms with Crippen molar-refractivity contribution < 1.29 is 24.9 Å². The van der Waals surface area contributed by atoms with Gasteiger partial charge in [0.2, 0.25) is 0 Å². The summed E-state index contributed by atoms with van der Waals surface area (Å²) in [5.74, 6) is -0.919. The zero-order valence-electron chi connectivity index (χ0n) is 15.8. The average Bonchev–Trinajstić information content (AvgIpc) is 2.87. The number of fused-ring (bicyclic) bond motifs is 5. The van der Waals surface area contributed by atoms with E-state index in [2.05, 4.69) is 6.92 Å². The van der Waals surface area contributed by atoms with Crippen LogP contribution in [0.4, 0.5) is 0 Å². The highest BCUT2D eigenvalue weighted by atomic mass is 16.3. The normalized spacial score (nSPS) is 55.8. The van der Waals surface area contributed by atoms with Crippen LogP contribution in [0.15, 0.2) is 12.2 Å². The SMILES string of the molecule is CC(=O)[C@@]1(O)CC[C@H]2[C@@H]3[C@H](O)C(=O)C4C[C@H](O)C=C[C@]4(C)[C@H]3CC[C@@]21C. The van der Waals surface area contributed by atoms with Crippen LogP contribution in [0.2, 0.25) is 0 Å². The Labute approximate surface area is 154 Å². The minimum absolute atomic E-state index is 0.0490. The summed E-state index contributed by atoms with van der Waals surface area (Å²) < 4.78 is 0. The second kappa shape index (κ2) is 5.49. The lowest BCUT2D eigenvalue weighted by atomic mass is 9.44. The molecule has 0 bridgehead atoms. The van der Waals surface area contributed by atoms with E-state index in [0.29, 0.717) is 25.7 Å². The van der Waals surface area contributed by atoms with Crippen molar-refractivity contribution in [2.24, 2.45) is 34.5 Å². The van der Waals surface area contributed by atoms with Gasteiger partial charge in [-0.05, 0) is 62.2 Å². The van der Waals surface area contributed by atoms with Crippen molar-refractivity contribution in [3.63, 3.8) is 0 Å². The third kappa shape index (κ3) is 2.02. The highest BCUT2D eigenvalue weighted by Crippen LogP contribution is 2.67. The quantitative estimate of drug-likeness (QED) is 0.617. The fourth-order valence-corrected chi connectivity index (χ4v) is 7.17. The topological polar surface area (TPSA) is 94.8 Å². The van der Waals surface area contributed by atoms with E-state index in [1.807, 2.05) is 13.0 Å². The van der Waals surface area contributed by atoms with Gasteiger partial charge in [0.1, 0.15) is 11.7 Å². The van der Waals surface area contributed by atoms with Gasteiger partial charge in [-0.15, -0.1) is 0 Å². The number of aliphatic hydroxyl groups is 3. The first-order chi connectivity index (χ1) is 12.1. The smallest absolute Gasteiger partial charge is 0.165 e. The molecule has 0 spiro atoms. The van der Waals surface area contributed by atoms with Crippen LogP contribution in [0.1, 0.15) is 52.9 Å². The molecule has 0 aliphatic heterocycles. The van der Waals surface area contributed by atoms with Crippen LogP contribution >= 0.6 is 0 Å². The summed E-state index contributed by atoms with van der Waals surface area (Å²) in [5, 5.41) is 32.1. The summed E-state index contributed by atoms with van der Waals surface area (Å²) in [7, 11) is 0. The van der Waals surface area contributed by atoms with Gasteiger partial charge in [0.25, 0.3) is 0 Å². The summed E-state index contributed by atoms with van der Waals surface area (Å²) in [6.07, 6.45) is 4.98. The monoisotopic (exact) mass is 362 g/mol. The minimum Gasteiger partial charge on any atom is -0.389 e. The Morgan fingerprint density at radius 1 is 1.15 bits per heavy atom. The van der Waals surface area contributed by atoms with E-state index >= 15 is 0 Å². The van der Waals surface area contributed by atoms with Crippen molar-refractivity contribution in [2.75, 3.05) is 0 Å². The number of allylic oxidation sites excluding steroid dienone is 1. The molecule has 1 unspecified atom stereocenters. The van der Waals surface area contributed by atoms with Gasteiger partial charge in [0, 0.05) is 11.3 Å². The van der Waals surface area contributed by atoms with E-state index in [4.69, 9.17) is 0 Å². The Kier molecular flexibility index (Phi) is 3.87. The molecule has 5 nitrogen and oxygen atoms in total. The van der Waals surface area contributed by atoms with Crippen LogP contribution in [-0.2, 0) is 9.59 Å². The third-order valence-corrected chi connectivity index (χ3v) is 8.77. The number of hydrogen-bond acceptors (Lipinski definition) is 5. The number of rotatable bonds is 1. The van der Waals surface area contributed by atoms with Crippen LogP contribution in [0.5, 0.6) is 0 Å². The van der Waals surface area contributed by atoms with Crippen molar-refractivity contribution in [1.82, 2.24) is 0 Å². The Morgan fingerprint density at radius 3 is 2.46 bits per heavy atom. The molecule has 26 heavy (non-hydrogen) atoms. The fourth-order valence-electron chi connectivity index (χ4n) is 7.17. The van der Waals surface area contributed by atoms with E-state index in [1.54, 1.807) is 6.08 Å². The predicted octanol–water partition coefficient (Wildman–Crippen LogP) is 1.64. The number of Topliss-reactive ketones (excluding diaryl/α,β-unsaturated/α-hetero) is 2. The molecule has 3 N–H and O–H groups in total. The summed E-state index contributed by atoms with van der Waals surface area (Å²) in [4.78, 5) is 25.3. The predicted molar refractivity (Wildman–Crippen MR) is 95.1 cm³/mol. The fraction of sp³-hybridized carbons (Fsp3) is 0.810. The van der Waals surface area contributed by atoms with Gasteiger partial charge in [-0.2, -0.15) is 0 Å². The van der Waals surface area contributed by atoms with Crippen LogP contribution in [0, 0.1) is 34.5 Å². The Morgan fingerprint density at radius 2 is 1.81 bits per heavy atom. The summed E-state index contributed by atoms with van der Waals surface area (Å²) in [6, 6.07) is 0. The van der Waals surface area contributed by atoms with E-state index in [9.17, 15) is 24.9 Å². The van der Waals surface area contributed by atoms with Crippen LogP contribution in [0.25, 0.3) is 0 Å². The van der Waals surface area contributed by atoms with Gasteiger partial charge < -0.3 is 15.3 Å². The van der Waals surface area contributed by atoms with Crippen molar-refractivity contribution in [3.05, 3.63) is 12.2 Å². The molecule has 0 aromatic carbocycles. The van der Waals surface area contributed by atoms with Crippen LogP contribution < -0.4 is 0 Å². The second-order valence-electron chi connectivity index (χ2n) is 9.63. The maximum atomic E-state index is 13.0. The van der Waals surface area contributed by atoms with Crippen molar-refractivity contribution in [2.45, 2.75) is 70.7 Å². The van der Waals surface area contributed by atoms with Crippen LogP contribution in [0.3, 0.4) is 0 Å². The number of aliphatic hydroxyl groups excluding tert-OH is 2. The lowest BCUT2D eigenvalue weighted by Crippen LogP contribution is -2.63. The van der Waals surface area contributed by atoms with Crippen molar-refractivity contribution in [3.8, 4) is 0 Å². The molecule has 144 valence electrons. The molecule has 5 heteroatoms. The van der Waals surface area contributed by atoms with Gasteiger partial charge in [0.05, 0.1) is 6.10 Å². The highest BCUT2D eigenvalue weighted by molar-refractivity contribution is 5.89. The Balaban J connectivity index is 1.78. The molecular weight excluding hydrogens is 332 g/mol. The average molecular weight is 362 g/mol. The van der Waals surface area contributed by atoms with E-state index in [-0.39, 0.29) is 40.7 Å². The first-order valence-electron chi connectivity index (χ1n) is 9.89. The van der Waals surface area contributed by atoms with Gasteiger partial charge in [-0.1, -0.05) is 26.0 Å². The molecule has 3 saturated carbocycles. The second-order valence-corrected chi connectivity index (χ2v) is 9.63. The molecule has 4 rings (SSSR count). The molecule has 0 amide bonds. The molecule has 0 saturated heterocycles. The number of ketones is 2.